The van der Waals surface area contributed by atoms with E-state index in [2.05, 4.69) is 22.6 Å². The Morgan fingerprint density at radius 2 is 1.96 bits per heavy atom. The molecule has 1 saturated carbocycles. The van der Waals surface area contributed by atoms with Crippen molar-refractivity contribution in [3.05, 3.63) is 66.1 Å². The van der Waals surface area contributed by atoms with Gasteiger partial charge in [0.1, 0.15) is 12.4 Å². The highest BCUT2D eigenvalue weighted by atomic mass is 16.5. The summed E-state index contributed by atoms with van der Waals surface area (Å²) in [6, 6.07) is 18.0. The molecule has 0 bridgehead atoms. The minimum atomic E-state index is 0.0503. The zero-order chi connectivity index (χ0) is 18.1. The largest absolute Gasteiger partial charge is 0.489 e. The lowest BCUT2D eigenvalue weighted by Crippen LogP contribution is -2.31. The summed E-state index contributed by atoms with van der Waals surface area (Å²) in [6.07, 6.45) is 3.64. The summed E-state index contributed by atoms with van der Waals surface area (Å²) in [5.74, 6) is 2.98. The van der Waals surface area contributed by atoms with Crippen molar-refractivity contribution >= 4 is 0 Å². The van der Waals surface area contributed by atoms with Gasteiger partial charge in [-0.25, -0.2) is 0 Å². The molecular weight excluding hydrogens is 338 g/mol. The van der Waals surface area contributed by atoms with Crippen molar-refractivity contribution in [1.29, 1.82) is 0 Å². The maximum atomic E-state index is 5.80. The summed E-state index contributed by atoms with van der Waals surface area (Å²) in [5.41, 5.74) is 2.14. The van der Waals surface area contributed by atoms with Crippen molar-refractivity contribution in [3.8, 4) is 17.1 Å². The Morgan fingerprint density at radius 3 is 2.81 bits per heavy atom. The third kappa shape index (κ3) is 3.02. The first kappa shape index (κ1) is 16.5. The second-order valence-corrected chi connectivity index (χ2v) is 7.60. The monoisotopic (exact) mass is 361 g/mol. The number of rotatable bonds is 5. The average Bonchev–Trinajstić information content (AvgIpc) is 3.43. The molecule has 5 nitrogen and oxygen atoms in total. The summed E-state index contributed by atoms with van der Waals surface area (Å²) >= 11 is 0. The van der Waals surface area contributed by atoms with Gasteiger partial charge in [0.15, 0.2) is 0 Å². The lowest BCUT2D eigenvalue weighted by atomic mass is 9.80. The van der Waals surface area contributed by atoms with Gasteiger partial charge in [0.25, 0.3) is 0 Å². The number of benzene rings is 2. The van der Waals surface area contributed by atoms with Gasteiger partial charge in [-0.15, -0.1) is 0 Å². The van der Waals surface area contributed by atoms with Crippen molar-refractivity contribution in [2.45, 2.75) is 31.3 Å². The normalized spacial score (nSPS) is 24.1. The average molecular weight is 361 g/mol. The van der Waals surface area contributed by atoms with Crippen LogP contribution in [0.2, 0.25) is 0 Å². The third-order valence-electron chi connectivity index (χ3n) is 6.00. The van der Waals surface area contributed by atoms with Gasteiger partial charge in [0.05, 0.1) is 5.41 Å². The molecule has 0 radical (unpaired) electrons. The van der Waals surface area contributed by atoms with Crippen LogP contribution in [0, 0.1) is 5.92 Å². The first-order chi connectivity index (χ1) is 13.3. The minimum Gasteiger partial charge on any atom is -0.489 e. The fourth-order valence-corrected chi connectivity index (χ4v) is 4.48. The summed E-state index contributed by atoms with van der Waals surface area (Å²) in [5, 5.41) is 7.77. The zero-order valence-electron chi connectivity index (χ0n) is 15.2. The maximum Gasteiger partial charge on any atom is 0.234 e. The van der Waals surface area contributed by atoms with Crippen LogP contribution in [0.15, 0.2) is 59.1 Å². The van der Waals surface area contributed by atoms with Gasteiger partial charge in [-0.2, -0.15) is 4.98 Å². The van der Waals surface area contributed by atoms with Crippen molar-refractivity contribution in [2.75, 3.05) is 13.1 Å². The number of aromatic nitrogens is 2. The Balaban J connectivity index is 1.30. The summed E-state index contributed by atoms with van der Waals surface area (Å²) in [4.78, 5) is 4.77. The first-order valence-corrected chi connectivity index (χ1v) is 9.66. The minimum absolute atomic E-state index is 0.0503. The van der Waals surface area contributed by atoms with Crippen molar-refractivity contribution in [1.82, 2.24) is 15.5 Å². The standard InChI is InChI=1S/C22H23N3O2/c1-2-6-19(7-3-1)26-14-16-8-10-17(11-9-16)20-24-21(27-25-20)22-12-4-5-18(22)13-23-15-22/h1-3,6-11,18,23H,4-5,12-15H2/t18-,22-/m1/s1. The summed E-state index contributed by atoms with van der Waals surface area (Å²) in [7, 11) is 0. The number of para-hydroxylation sites is 1. The molecule has 2 atom stereocenters. The Hall–Kier alpha value is -2.66. The molecule has 0 amide bonds. The molecule has 2 aliphatic rings. The predicted octanol–water partition coefficient (Wildman–Crippen LogP) is 3.96. The molecule has 1 aliphatic carbocycles. The van der Waals surface area contributed by atoms with Crippen LogP contribution in [0.4, 0.5) is 0 Å². The van der Waals surface area contributed by atoms with Crippen LogP contribution in [0.3, 0.4) is 0 Å². The van der Waals surface area contributed by atoms with Crippen LogP contribution in [0.5, 0.6) is 5.75 Å². The molecule has 2 fully saturated rings. The molecule has 2 aromatic carbocycles. The Morgan fingerprint density at radius 1 is 1.11 bits per heavy atom. The molecule has 0 unspecified atom stereocenters. The van der Waals surface area contributed by atoms with Crippen molar-refractivity contribution in [3.63, 3.8) is 0 Å². The molecule has 5 rings (SSSR count). The van der Waals surface area contributed by atoms with Crippen molar-refractivity contribution < 1.29 is 9.26 Å². The van der Waals surface area contributed by atoms with Crippen LogP contribution in [0.1, 0.15) is 30.7 Å². The zero-order valence-corrected chi connectivity index (χ0v) is 15.2. The van der Waals surface area contributed by atoms with Gasteiger partial charge >= 0.3 is 0 Å². The van der Waals surface area contributed by atoms with E-state index in [1.807, 2.05) is 42.5 Å². The summed E-state index contributed by atoms with van der Waals surface area (Å²) in [6.45, 7) is 2.56. The molecule has 1 N–H and O–H groups in total. The van der Waals surface area contributed by atoms with E-state index in [1.54, 1.807) is 0 Å². The molecule has 1 aliphatic heterocycles. The summed E-state index contributed by atoms with van der Waals surface area (Å²) < 4.78 is 11.5. The van der Waals surface area contributed by atoms with E-state index in [0.717, 1.165) is 42.3 Å². The van der Waals surface area contributed by atoms with Gasteiger partial charge in [-0.05, 0) is 43.0 Å². The van der Waals surface area contributed by atoms with Crippen LogP contribution >= 0.6 is 0 Å². The molecule has 0 spiro atoms. The highest BCUT2D eigenvalue weighted by molar-refractivity contribution is 5.54. The number of hydrogen-bond donors (Lipinski definition) is 1. The van der Waals surface area contributed by atoms with E-state index in [9.17, 15) is 0 Å². The lowest BCUT2D eigenvalue weighted by molar-refractivity contribution is 0.265. The van der Waals surface area contributed by atoms with E-state index in [4.69, 9.17) is 14.2 Å². The number of nitrogens with one attached hydrogen (secondary N) is 1. The lowest BCUT2D eigenvalue weighted by Gasteiger charge is -2.22. The molecule has 3 aromatic rings. The van der Waals surface area contributed by atoms with Crippen molar-refractivity contribution in [2.24, 2.45) is 5.92 Å². The highest BCUT2D eigenvalue weighted by Crippen LogP contribution is 2.47. The Bertz CT molecular complexity index is 895. The van der Waals surface area contributed by atoms with Crippen LogP contribution < -0.4 is 10.1 Å². The van der Waals surface area contributed by atoms with E-state index in [0.29, 0.717) is 18.3 Å². The van der Waals surface area contributed by atoms with Crippen LogP contribution in [0.25, 0.3) is 11.4 Å². The van der Waals surface area contributed by atoms with Gasteiger partial charge in [-0.1, -0.05) is 54.0 Å². The van der Waals surface area contributed by atoms with Gasteiger partial charge in [0, 0.05) is 12.1 Å². The van der Waals surface area contributed by atoms with Crippen LogP contribution in [-0.4, -0.2) is 23.2 Å². The molecule has 27 heavy (non-hydrogen) atoms. The second-order valence-electron chi connectivity index (χ2n) is 7.60. The number of fused-ring (bicyclic) bond motifs is 1. The Kier molecular flexibility index (Phi) is 4.17. The van der Waals surface area contributed by atoms with Gasteiger partial charge in [0.2, 0.25) is 11.7 Å². The predicted molar refractivity (Wildman–Crippen MR) is 102 cm³/mol. The third-order valence-corrected chi connectivity index (χ3v) is 6.00. The molecular formula is C22H23N3O2. The van der Waals surface area contributed by atoms with E-state index in [-0.39, 0.29) is 5.41 Å². The first-order valence-electron chi connectivity index (χ1n) is 9.66. The highest BCUT2D eigenvalue weighted by Gasteiger charge is 2.51. The fraction of sp³-hybridized carbons (Fsp3) is 0.364. The molecule has 2 heterocycles. The SMILES string of the molecule is c1ccc(OCc2ccc(-c3noc([C@@]45CCC[C@@H]4CNC5)n3)cc2)cc1. The number of hydrogen-bond acceptors (Lipinski definition) is 5. The number of ether oxygens (including phenoxy) is 1. The Labute approximate surface area is 158 Å². The van der Waals surface area contributed by atoms with Crippen LogP contribution in [-0.2, 0) is 12.0 Å². The van der Waals surface area contributed by atoms with E-state index in [1.165, 1.54) is 12.8 Å². The number of nitrogens with zero attached hydrogens (tertiary/aromatic N) is 2. The topological polar surface area (TPSA) is 60.2 Å². The fourth-order valence-electron chi connectivity index (χ4n) is 4.48. The van der Waals surface area contributed by atoms with E-state index < -0.39 is 0 Å². The van der Waals surface area contributed by atoms with Gasteiger partial charge in [-0.3, -0.25) is 0 Å². The molecule has 1 aromatic heterocycles. The molecule has 1 saturated heterocycles. The second kappa shape index (κ2) is 6.82. The maximum absolute atomic E-state index is 5.80. The quantitative estimate of drug-likeness (QED) is 0.745. The molecule has 138 valence electrons. The van der Waals surface area contributed by atoms with Gasteiger partial charge < -0.3 is 14.6 Å². The van der Waals surface area contributed by atoms with E-state index >= 15 is 0 Å². The molecule has 5 heteroatoms. The smallest absolute Gasteiger partial charge is 0.234 e.